The fourth-order valence-electron chi connectivity index (χ4n) is 0.584. The van der Waals surface area contributed by atoms with E-state index in [1.54, 1.807) is 6.21 Å². The van der Waals surface area contributed by atoms with E-state index in [1.807, 2.05) is 11.9 Å². The van der Waals surface area contributed by atoms with Crippen molar-refractivity contribution in [1.29, 1.82) is 0 Å². The van der Waals surface area contributed by atoms with Crippen LogP contribution in [0.25, 0.3) is 0 Å². The van der Waals surface area contributed by atoms with E-state index >= 15 is 0 Å². The van der Waals surface area contributed by atoms with E-state index in [1.165, 1.54) is 0 Å². The minimum Gasteiger partial charge on any atom is -0.382 e. The van der Waals surface area contributed by atoms with Crippen LogP contribution in [0.15, 0.2) is 15.4 Å². The first-order chi connectivity index (χ1) is 4.63. The third kappa shape index (κ3) is 1.34. The smallest absolute Gasteiger partial charge is 0.154 e. The van der Waals surface area contributed by atoms with Gasteiger partial charge >= 0.3 is 0 Å². The average molecular weight is 269 g/mol. The Kier molecular flexibility index (Phi) is 2.36. The van der Waals surface area contributed by atoms with E-state index < -0.39 is 0 Å². The molecule has 1 heterocycles. The lowest BCUT2D eigenvalue weighted by Gasteiger charge is -2.25. The van der Waals surface area contributed by atoms with Crippen LogP contribution in [-0.4, -0.2) is 23.1 Å². The fraction of sp³-hybridized carbons (Fsp3) is 0.400. The minimum absolute atomic E-state index is 0.133. The lowest BCUT2D eigenvalue weighted by Crippen LogP contribution is -2.30. The summed E-state index contributed by atoms with van der Waals surface area (Å²) in [6.07, 6.45) is 1.74. The van der Waals surface area contributed by atoms with Gasteiger partial charge in [-0.15, -0.1) is 0 Å². The summed E-state index contributed by atoms with van der Waals surface area (Å²) in [4.78, 5) is 6.01. The molecule has 1 aliphatic heterocycles. The third-order valence-corrected chi connectivity index (χ3v) is 3.04. The van der Waals surface area contributed by atoms with Gasteiger partial charge in [0.15, 0.2) is 5.82 Å². The number of hydrogen-bond donors (Lipinski definition) is 1. The monoisotopic (exact) mass is 267 g/mol. The number of nitrogens with zero attached hydrogens (tertiary/aromatic N) is 2. The van der Waals surface area contributed by atoms with Crippen LogP contribution in [-0.2, 0) is 0 Å². The van der Waals surface area contributed by atoms with Crippen molar-refractivity contribution in [3.63, 3.8) is 0 Å². The molecular formula is C5H7Br2N3. The summed E-state index contributed by atoms with van der Waals surface area (Å²) in [6, 6.07) is 0. The number of rotatable bonds is 0. The Bertz CT molecular complexity index is 199. The number of alkyl halides is 1. The molecule has 56 valence electrons. The van der Waals surface area contributed by atoms with E-state index in [0.717, 1.165) is 4.61 Å². The molecule has 0 aromatic rings. The number of hydrogen-bond acceptors (Lipinski definition) is 3. The van der Waals surface area contributed by atoms with E-state index in [4.69, 9.17) is 5.73 Å². The second-order valence-electron chi connectivity index (χ2n) is 1.94. The maximum atomic E-state index is 5.50. The Morgan fingerprint density at radius 3 is 2.90 bits per heavy atom. The predicted molar refractivity (Wildman–Crippen MR) is 49.1 cm³/mol. The van der Waals surface area contributed by atoms with Crippen molar-refractivity contribution in [1.82, 2.24) is 4.90 Å². The van der Waals surface area contributed by atoms with Gasteiger partial charge in [0.05, 0.1) is 0 Å². The van der Waals surface area contributed by atoms with Crippen LogP contribution in [0.3, 0.4) is 0 Å². The first-order valence-electron chi connectivity index (χ1n) is 2.69. The normalized spacial score (nSPS) is 25.9. The topological polar surface area (TPSA) is 41.6 Å². The van der Waals surface area contributed by atoms with Crippen molar-refractivity contribution in [2.75, 3.05) is 7.05 Å². The summed E-state index contributed by atoms with van der Waals surface area (Å²) in [5, 5.41) is 0. The maximum Gasteiger partial charge on any atom is 0.154 e. The van der Waals surface area contributed by atoms with E-state index in [0.29, 0.717) is 5.82 Å². The first kappa shape index (κ1) is 8.07. The summed E-state index contributed by atoms with van der Waals surface area (Å²) in [5.74, 6) is 0.512. The Hall–Kier alpha value is -0.0300. The van der Waals surface area contributed by atoms with E-state index in [9.17, 15) is 0 Å². The molecule has 0 spiro atoms. The Balaban J connectivity index is 2.88. The Morgan fingerprint density at radius 2 is 2.40 bits per heavy atom. The van der Waals surface area contributed by atoms with Gasteiger partial charge in [0.1, 0.15) is 9.56 Å². The van der Waals surface area contributed by atoms with Crippen molar-refractivity contribution in [2.24, 2.45) is 10.7 Å². The summed E-state index contributed by atoms with van der Waals surface area (Å²) >= 11 is 6.67. The standard InChI is InChI=1S/C5H7Br2N3/c1-10-3(6)2-9-5(8)4(10)7/h2-3H,8H2,1H3. The number of nitrogens with two attached hydrogens (primary N) is 1. The highest BCUT2D eigenvalue weighted by molar-refractivity contribution is 9.12. The maximum absolute atomic E-state index is 5.50. The van der Waals surface area contributed by atoms with Crippen LogP contribution in [0.5, 0.6) is 0 Å². The predicted octanol–water partition coefficient (Wildman–Crippen LogP) is 1.20. The molecule has 1 aliphatic rings. The molecule has 1 atom stereocenters. The van der Waals surface area contributed by atoms with Crippen molar-refractivity contribution < 1.29 is 0 Å². The quantitative estimate of drug-likeness (QED) is 0.530. The molecule has 3 nitrogen and oxygen atoms in total. The molecule has 5 heteroatoms. The van der Waals surface area contributed by atoms with Crippen molar-refractivity contribution >= 4 is 38.1 Å². The van der Waals surface area contributed by atoms with Gasteiger partial charge in [0, 0.05) is 13.3 Å². The lowest BCUT2D eigenvalue weighted by molar-refractivity contribution is 0.482. The molecule has 0 aromatic heterocycles. The molecule has 0 aliphatic carbocycles. The molecule has 0 radical (unpaired) electrons. The molecule has 0 amide bonds. The zero-order chi connectivity index (χ0) is 7.72. The fourth-order valence-corrected chi connectivity index (χ4v) is 1.50. The van der Waals surface area contributed by atoms with Gasteiger partial charge in [0.2, 0.25) is 0 Å². The largest absolute Gasteiger partial charge is 0.382 e. The first-order valence-corrected chi connectivity index (χ1v) is 4.40. The molecular weight excluding hydrogens is 262 g/mol. The molecule has 1 rings (SSSR count). The van der Waals surface area contributed by atoms with Gasteiger partial charge in [-0.2, -0.15) is 0 Å². The number of halogens is 2. The molecule has 10 heavy (non-hydrogen) atoms. The molecule has 0 aromatic carbocycles. The zero-order valence-corrected chi connectivity index (χ0v) is 8.55. The Morgan fingerprint density at radius 1 is 1.80 bits per heavy atom. The third-order valence-electron chi connectivity index (χ3n) is 1.23. The second kappa shape index (κ2) is 2.92. The van der Waals surface area contributed by atoms with Gasteiger partial charge in [-0.25, -0.2) is 4.99 Å². The molecule has 1 unspecified atom stereocenters. The highest BCUT2D eigenvalue weighted by Gasteiger charge is 2.16. The highest BCUT2D eigenvalue weighted by Crippen LogP contribution is 2.22. The summed E-state index contributed by atoms with van der Waals surface area (Å²) in [5.41, 5.74) is 5.50. The van der Waals surface area contributed by atoms with Gasteiger partial charge < -0.3 is 10.6 Å². The highest BCUT2D eigenvalue weighted by atomic mass is 79.9. The van der Waals surface area contributed by atoms with Gasteiger partial charge in [-0.05, 0) is 15.9 Å². The SMILES string of the molecule is CN1C(Br)=C(N)N=CC1Br. The molecule has 2 N–H and O–H groups in total. The van der Waals surface area contributed by atoms with Gasteiger partial charge in [-0.3, -0.25) is 0 Å². The minimum atomic E-state index is 0.133. The van der Waals surface area contributed by atoms with Crippen LogP contribution >= 0.6 is 31.9 Å². The lowest BCUT2D eigenvalue weighted by atomic mass is 10.5. The van der Waals surface area contributed by atoms with Crippen LogP contribution in [0.1, 0.15) is 0 Å². The van der Waals surface area contributed by atoms with Crippen LogP contribution in [0, 0.1) is 0 Å². The molecule has 0 fully saturated rings. The second-order valence-corrected chi connectivity index (χ2v) is 3.63. The Labute approximate surface area is 76.2 Å². The molecule has 0 bridgehead atoms. The number of aliphatic imine (C=N–C) groups is 1. The van der Waals surface area contributed by atoms with Crippen LogP contribution in [0.2, 0.25) is 0 Å². The molecule has 0 saturated carbocycles. The summed E-state index contributed by atoms with van der Waals surface area (Å²) < 4.78 is 0.817. The molecule has 0 saturated heterocycles. The van der Waals surface area contributed by atoms with Crippen LogP contribution in [0.4, 0.5) is 0 Å². The van der Waals surface area contributed by atoms with Crippen molar-refractivity contribution in [2.45, 2.75) is 4.95 Å². The van der Waals surface area contributed by atoms with Crippen molar-refractivity contribution in [3.05, 3.63) is 10.4 Å². The van der Waals surface area contributed by atoms with Gasteiger partial charge in [-0.1, -0.05) is 15.9 Å². The summed E-state index contributed by atoms with van der Waals surface area (Å²) in [6.45, 7) is 0. The van der Waals surface area contributed by atoms with E-state index in [2.05, 4.69) is 36.9 Å². The van der Waals surface area contributed by atoms with E-state index in [-0.39, 0.29) is 4.95 Å². The van der Waals surface area contributed by atoms with Crippen molar-refractivity contribution in [3.8, 4) is 0 Å². The summed E-state index contributed by atoms with van der Waals surface area (Å²) in [7, 11) is 1.92. The average Bonchev–Trinajstić information content (AvgIpc) is 1.93. The van der Waals surface area contributed by atoms with Crippen LogP contribution < -0.4 is 5.73 Å². The van der Waals surface area contributed by atoms with Gasteiger partial charge in [0.25, 0.3) is 0 Å². The zero-order valence-electron chi connectivity index (χ0n) is 5.38.